The van der Waals surface area contributed by atoms with Gasteiger partial charge in [0, 0.05) is 12.1 Å². The van der Waals surface area contributed by atoms with Crippen molar-refractivity contribution in [2.24, 2.45) is 5.92 Å². The smallest absolute Gasteiger partial charge is 0.414 e. The standard InChI is InChI=1S/C24H30N2O6/c1-30-19(27)17-15-22-9-6-13-25(22)14-12-23(20(28)31-2)16-7-4-5-8-18(16)26(21(29)32-3)24(17,23)11-10-22/h4-5,7-8,17H,6,9-15H2,1-3H3/t17-,22+,23+,24+/m0/s1. The number of benzene rings is 1. The molecule has 8 nitrogen and oxygen atoms in total. The second-order valence-corrected chi connectivity index (χ2v) is 9.49. The monoisotopic (exact) mass is 442 g/mol. The molecule has 1 amide bonds. The average Bonchev–Trinajstić information content (AvgIpc) is 3.30. The molecule has 8 heteroatoms. The van der Waals surface area contributed by atoms with Gasteiger partial charge in [0.2, 0.25) is 0 Å². The van der Waals surface area contributed by atoms with Crippen LogP contribution in [0.5, 0.6) is 0 Å². The Labute approximate surface area is 187 Å². The zero-order chi connectivity index (χ0) is 22.7. The van der Waals surface area contributed by atoms with Gasteiger partial charge in [-0.2, -0.15) is 0 Å². The number of anilines is 1. The van der Waals surface area contributed by atoms with Gasteiger partial charge < -0.3 is 14.2 Å². The van der Waals surface area contributed by atoms with Crippen LogP contribution in [-0.2, 0) is 29.2 Å². The van der Waals surface area contributed by atoms with E-state index < -0.39 is 34.9 Å². The number of hydrogen-bond donors (Lipinski definition) is 0. The quantitative estimate of drug-likeness (QED) is 0.514. The highest BCUT2D eigenvalue weighted by Gasteiger charge is 2.75. The van der Waals surface area contributed by atoms with Crippen molar-refractivity contribution in [1.82, 2.24) is 4.90 Å². The number of rotatable bonds is 2. The fraction of sp³-hybridized carbons (Fsp3) is 0.625. The average molecular weight is 443 g/mol. The van der Waals surface area contributed by atoms with Gasteiger partial charge in [-0.15, -0.1) is 0 Å². The van der Waals surface area contributed by atoms with E-state index >= 15 is 0 Å². The molecular formula is C24H30N2O6. The van der Waals surface area contributed by atoms with Gasteiger partial charge in [-0.05, 0) is 56.7 Å². The lowest BCUT2D eigenvalue weighted by Crippen LogP contribution is -2.74. The first-order valence-corrected chi connectivity index (χ1v) is 11.3. The van der Waals surface area contributed by atoms with Crippen LogP contribution in [0.1, 0.15) is 44.1 Å². The van der Waals surface area contributed by atoms with Crippen molar-refractivity contribution in [3.63, 3.8) is 0 Å². The molecule has 1 saturated carbocycles. The molecule has 3 saturated heterocycles. The number of carbonyl (C=O) groups is 3. The highest BCUT2D eigenvalue weighted by molar-refractivity contribution is 6.03. The molecule has 172 valence electrons. The predicted molar refractivity (Wildman–Crippen MR) is 115 cm³/mol. The van der Waals surface area contributed by atoms with E-state index in [-0.39, 0.29) is 5.54 Å². The molecule has 0 unspecified atom stereocenters. The Hall–Kier alpha value is -2.61. The van der Waals surface area contributed by atoms with E-state index in [1.165, 1.54) is 21.3 Å². The summed E-state index contributed by atoms with van der Waals surface area (Å²) in [5.74, 6) is -1.50. The van der Waals surface area contributed by atoms with Crippen LogP contribution in [0.25, 0.3) is 0 Å². The fourth-order valence-electron chi connectivity index (χ4n) is 7.54. The number of methoxy groups -OCH3 is 3. The van der Waals surface area contributed by atoms with Crippen LogP contribution in [0.4, 0.5) is 10.5 Å². The Morgan fingerprint density at radius 1 is 0.938 bits per heavy atom. The molecule has 0 radical (unpaired) electrons. The van der Waals surface area contributed by atoms with Crippen molar-refractivity contribution >= 4 is 23.7 Å². The summed E-state index contributed by atoms with van der Waals surface area (Å²) < 4.78 is 16.0. The molecule has 4 heterocycles. The fourth-order valence-corrected chi connectivity index (χ4v) is 7.54. The normalized spacial score (nSPS) is 35.2. The summed E-state index contributed by atoms with van der Waals surface area (Å²) in [4.78, 5) is 44.6. The van der Waals surface area contributed by atoms with E-state index in [2.05, 4.69) is 4.90 Å². The maximum Gasteiger partial charge on any atom is 0.414 e. The molecule has 0 N–H and O–H groups in total. The first-order chi connectivity index (χ1) is 15.4. The number of carbonyl (C=O) groups excluding carboxylic acids is 3. The zero-order valence-electron chi connectivity index (χ0n) is 18.9. The van der Waals surface area contributed by atoms with Gasteiger partial charge >= 0.3 is 18.0 Å². The second kappa shape index (κ2) is 7.20. The topological polar surface area (TPSA) is 85.4 Å². The summed E-state index contributed by atoms with van der Waals surface area (Å²) in [6.07, 6.45) is 3.77. The molecule has 0 aromatic heterocycles. The van der Waals surface area contributed by atoms with E-state index in [1.54, 1.807) is 4.90 Å². The molecule has 4 atom stereocenters. The van der Waals surface area contributed by atoms with Gasteiger partial charge in [-0.25, -0.2) is 4.79 Å². The van der Waals surface area contributed by atoms with Crippen LogP contribution < -0.4 is 4.90 Å². The van der Waals surface area contributed by atoms with Crippen molar-refractivity contribution in [3.8, 4) is 0 Å². The molecular weight excluding hydrogens is 412 g/mol. The summed E-state index contributed by atoms with van der Waals surface area (Å²) in [6.45, 7) is 1.65. The first kappa shape index (κ1) is 21.2. The van der Waals surface area contributed by atoms with Crippen LogP contribution in [0.15, 0.2) is 24.3 Å². The molecule has 1 aliphatic carbocycles. The van der Waals surface area contributed by atoms with E-state index in [1.807, 2.05) is 24.3 Å². The summed E-state index contributed by atoms with van der Waals surface area (Å²) in [5, 5.41) is 0. The predicted octanol–water partition coefficient (Wildman–Crippen LogP) is 2.63. The summed E-state index contributed by atoms with van der Waals surface area (Å²) in [6, 6.07) is 7.42. The lowest BCUT2D eigenvalue weighted by molar-refractivity contribution is -0.165. The third-order valence-corrected chi connectivity index (χ3v) is 8.75. The van der Waals surface area contributed by atoms with E-state index in [9.17, 15) is 14.4 Å². The zero-order valence-corrected chi connectivity index (χ0v) is 18.9. The maximum absolute atomic E-state index is 13.8. The Morgan fingerprint density at radius 3 is 2.44 bits per heavy atom. The minimum Gasteiger partial charge on any atom is -0.469 e. The van der Waals surface area contributed by atoms with Gasteiger partial charge in [0.05, 0.1) is 38.5 Å². The van der Waals surface area contributed by atoms with Crippen molar-refractivity contribution < 1.29 is 28.6 Å². The number of nitrogens with zero attached hydrogens (tertiary/aromatic N) is 2. The van der Waals surface area contributed by atoms with Crippen molar-refractivity contribution in [1.29, 1.82) is 0 Å². The van der Waals surface area contributed by atoms with Gasteiger partial charge in [-0.1, -0.05) is 18.2 Å². The molecule has 6 rings (SSSR count). The first-order valence-electron chi connectivity index (χ1n) is 11.3. The number of para-hydroxylation sites is 1. The molecule has 1 aromatic carbocycles. The number of amides is 1. The molecule has 4 aliphatic heterocycles. The van der Waals surface area contributed by atoms with Crippen LogP contribution in [0.2, 0.25) is 0 Å². The Morgan fingerprint density at radius 2 is 1.72 bits per heavy atom. The number of ether oxygens (including phenoxy) is 3. The molecule has 2 bridgehead atoms. The summed E-state index contributed by atoms with van der Waals surface area (Å²) in [7, 11) is 4.09. The number of esters is 2. The van der Waals surface area contributed by atoms with Crippen LogP contribution in [-0.4, -0.2) is 68.4 Å². The molecule has 5 aliphatic rings. The highest BCUT2D eigenvalue weighted by atomic mass is 16.5. The Balaban J connectivity index is 1.85. The minimum atomic E-state index is -1.19. The van der Waals surface area contributed by atoms with Gasteiger partial charge in [-0.3, -0.25) is 19.4 Å². The summed E-state index contributed by atoms with van der Waals surface area (Å²) in [5.41, 5.74) is -1.12. The van der Waals surface area contributed by atoms with E-state index in [0.29, 0.717) is 31.5 Å². The minimum absolute atomic E-state index is 0.108. The molecule has 2 spiro atoms. The maximum atomic E-state index is 13.8. The van der Waals surface area contributed by atoms with Crippen LogP contribution in [0.3, 0.4) is 0 Å². The summed E-state index contributed by atoms with van der Waals surface area (Å²) >= 11 is 0. The Bertz CT molecular complexity index is 981. The van der Waals surface area contributed by atoms with E-state index in [4.69, 9.17) is 14.2 Å². The third-order valence-electron chi connectivity index (χ3n) is 8.75. The Kier molecular flexibility index (Phi) is 4.78. The van der Waals surface area contributed by atoms with Gasteiger partial charge in [0.15, 0.2) is 0 Å². The second-order valence-electron chi connectivity index (χ2n) is 9.49. The van der Waals surface area contributed by atoms with Crippen molar-refractivity contribution in [2.45, 2.75) is 55.0 Å². The van der Waals surface area contributed by atoms with Crippen molar-refractivity contribution in [3.05, 3.63) is 29.8 Å². The SMILES string of the molecule is COC(=O)[C@@H]1C[C@]23CCCN2CC[C@]2(C(=O)OC)c4ccccc4N(C(=O)OC)[C@]12CC3. The molecule has 32 heavy (non-hydrogen) atoms. The highest BCUT2D eigenvalue weighted by Crippen LogP contribution is 2.65. The van der Waals surface area contributed by atoms with Gasteiger partial charge in [0.25, 0.3) is 0 Å². The third kappa shape index (κ3) is 2.33. The van der Waals surface area contributed by atoms with Crippen molar-refractivity contribution in [2.75, 3.05) is 39.3 Å². The number of hydrogen-bond acceptors (Lipinski definition) is 7. The van der Waals surface area contributed by atoms with E-state index in [0.717, 1.165) is 31.4 Å². The molecule has 4 fully saturated rings. The molecule has 1 aromatic rings. The lowest BCUT2D eigenvalue weighted by atomic mass is 9.51. The van der Waals surface area contributed by atoms with Crippen LogP contribution >= 0.6 is 0 Å². The van der Waals surface area contributed by atoms with Gasteiger partial charge in [0.1, 0.15) is 5.41 Å². The largest absolute Gasteiger partial charge is 0.469 e. The number of fused-ring (bicyclic) bond motifs is 4. The van der Waals surface area contributed by atoms with Crippen LogP contribution in [0, 0.1) is 5.92 Å². The lowest BCUT2D eigenvalue weighted by Gasteiger charge is -2.60.